The molecule has 3 rings (SSSR count). The quantitative estimate of drug-likeness (QED) is 0.527. The molecule has 0 radical (unpaired) electrons. The minimum atomic E-state index is -0.764. The van der Waals surface area contributed by atoms with Crippen molar-refractivity contribution in [3.05, 3.63) is 95.8 Å². The van der Waals surface area contributed by atoms with Gasteiger partial charge in [-0.25, -0.2) is 14.0 Å². The maximum absolute atomic E-state index is 13.2. The Morgan fingerprint density at radius 2 is 1.44 bits per heavy atom. The highest BCUT2D eigenvalue weighted by Gasteiger charge is 2.18. The average Bonchev–Trinajstić information content (AvgIpc) is 2.63. The van der Waals surface area contributed by atoms with Crippen LogP contribution in [-0.4, -0.2) is 11.9 Å². The predicted octanol–water partition coefficient (Wildman–Crippen LogP) is 4.26. The molecule has 4 nitrogen and oxygen atoms in total. The first-order valence-corrected chi connectivity index (χ1v) is 7.47. The average molecular weight is 336 g/mol. The molecule has 0 heterocycles. The first-order chi connectivity index (χ1) is 12.1. The standard InChI is InChI=1S/C20H13FO4/c21-15-8-6-7-14(13-15)19(22)25-18-12-5-4-11-17(18)20(23)24-16-9-2-1-3-10-16/h1-13H. The smallest absolute Gasteiger partial charge is 0.347 e. The van der Waals surface area contributed by atoms with Gasteiger partial charge in [-0.15, -0.1) is 0 Å². The molecule has 0 fully saturated rings. The molecule has 0 amide bonds. The number of para-hydroxylation sites is 2. The first-order valence-electron chi connectivity index (χ1n) is 7.47. The number of benzene rings is 3. The zero-order valence-corrected chi connectivity index (χ0v) is 13.0. The van der Waals surface area contributed by atoms with Gasteiger partial charge in [0.25, 0.3) is 0 Å². The Morgan fingerprint density at radius 3 is 2.20 bits per heavy atom. The minimum absolute atomic E-state index is 0.0395. The second-order valence-electron chi connectivity index (χ2n) is 5.10. The van der Waals surface area contributed by atoms with Crippen LogP contribution < -0.4 is 9.47 Å². The molecule has 3 aromatic carbocycles. The van der Waals surface area contributed by atoms with Crippen LogP contribution in [0.3, 0.4) is 0 Å². The van der Waals surface area contributed by atoms with E-state index < -0.39 is 17.8 Å². The van der Waals surface area contributed by atoms with Gasteiger partial charge in [-0.2, -0.15) is 0 Å². The van der Waals surface area contributed by atoms with E-state index in [4.69, 9.17) is 9.47 Å². The normalized spacial score (nSPS) is 10.1. The number of hydrogen-bond donors (Lipinski definition) is 0. The van der Waals surface area contributed by atoms with E-state index in [0.717, 1.165) is 6.07 Å². The lowest BCUT2D eigenvalue weighted by atomic mass is 10.2. The Kier molecular flexibility index (Phi) is 4.85. The molecule has 0 atom stereocenters. The SMILES string of the molecule is O=C(Oc1ccccc1C(=O)Oc1ccccc1)c1cccc(F)c1. The van der Waals surface area contributed by atoms with Crippen LogP contribution in [0.2, 0.25) is 0 Å². The maximum atomic E-state index is 13.2. The Morgan fingerprint density at radius 1 is 0.720 bits per heavy atom. The zero-order chi connectivity index (χ0) is 17.6. The summed E-state index contributed by atoms with van der Waals surface area (Å²) in [5, 5.41) is 0. The van der Waals surface area contributed by atoms with Crippen LogP contribution in [0.4, 0.5) is 4.39 Å². The summed E-state index contributed by atoms with van der Waals surface area (Å²) in [6, 6.07) is 19.9. The van der Waals surface area contributed by atoms with Gasteiger partial charge in [0.05, 0.1) is 5.56 Å². The summed E-state index contributed by atoms with van der Waals surface area (Å²) < 4.78 is 23.7. The fourth-order valence-electron chi connectivity index (χ4n) is 2.15. The molecule has 0 aliphatic rings. The summed E-state index contributed by atoms with van der Waals surface area (Å²) in [7, 11) is 0. The molecule has 124 valence electrons. The Balaban J connectivity index is 1.81. The fourth-order valence-corrected chi connectivity index (χ4v) is 2.15. The van der Waals surface area contributed by atoms with Crippen LogP contribution >= 0.6 is 0 Å². The molecule has 0 bridgehead atoms. The highest BCUT2D eigenvalue weighted by molar-refractivity contribution is 5.97. The van der Waals surface area contributed by atoms with Crippen molar-refractivity contribution in [3.8, 4) is 11.5 Å². The first kappa shape index (κ1) is 16.4. The van der Waals surface area contributed by atoms with E-state index in [1.54, 1.807) is 42.5 Å². The van der Waals surface area contributed by atoms with Gasteiger partial charge in [-0.3, -0.25) is 0 Å². The number of rotatable bonds is 4. The van der Waals surface area contributed by atoms with E-state index >= 15 is 0 Å². The molecular formula is C20H13FO4. The Labute approximate surface area is 143 Å². The van der Waals surface area contributed by atoms with Crippen molar-refractivity contribution >= 4 is 11.9 Å². The molecule has 0 saturated heterocycles. The van der Waals surface area contributed by atoms with Crippen molar-refractivity contribution in [3.63, 3.8) is 0 Å². The summed E-state index contributed by atoms with van der Waals surface area (Å²) in [6.07, 6.45) is 0. The van der Waals surface area contributed by atoms with E-state index in [0.29, 0.717) is 5.75 Å². The van der Waals surface area contributed by atoms with Gasteiger partial charge < -0.3 is 9.47 Å². The van der Waals surface area contributed by atoms with Gasteiger partial charge in [0.1, 0.15) is 22.9 Å². The van der Waals surface area contributed by atoms with Crippen LogP contribution in [0, 0.1) is 5.82 Å². The van der Waals surface area contributed by atoms with Crippen molar-refractivity contribution in [2.75, 3.05) is 0 Å². The van der Waals surface area contributed by atoms with Gasteiger partial charge >= 0.3 is 11.9 Å². The number of carbonyl (C=O) groups is 2. The van der Waals surface area contributed by atoms with E-state index in [1.165, 1.54) is 30.3 Å². The number of carbonyl (C=O) groups excluding carboxylic acids is 2. The highest BCUT2D eigenvalue weighted by Crippen LogP contribution is 2.22. The monoisotopic (exact) mass is 336 g/mol. The topological polar surface area (TPSA) is 52.6 Å². The second kappa shape index (κ2) is 7.40. The summed E-state index contributed by atoms with van der Waals surface area (Å²) in [5.41, 5.74) is 0.141. The molecule has 5 heteroatoms. The molecule has 0 unspecified atom stereocenters. The van der Waals surface area contributed by atoms with Crippen molar-refractivity contribution in [2.24, 2.45) is 0 Å². The molecule has 0 aliphatic carbocycles. The van der Waals surface area contributed by atoms with Crippen LogP contribution in [0.25, 0.3) is 0 Å². The molecule has 0 aliphatic heterocycles. The summed E-state index contributed by atoms with van der Waals surface area (Å²) in [4.78, 5) is 24.5. The lowest BCUT2D eigenvalue weighted by molar-refractivity contribution is 0.0706. The third-order valence-corrected chi connectivity index (χ3v) is 3.32. The van der Waals surface area contributed by atoms with Crippen LogP contribution in [0.15, 0.2) is 78.9 Å². The molecular weight excluding hydrogens is 323 g/mol. The number of esters is 2. The molecule has 0 spiro atoms. The van der Waals surface area contributed by atoms with E-state index in [1.807, 2.05) is 0 Å². The van der Waals surface area contributed by atoms with Gasteiger partial charge in [-0.05, 0) is 42.5 Å². The predicted molar refractivity (Wildman–Crippen MR) is 89.2 cm³/mol. The molecule has 0 saturated carbocycles. The van der Waals surface area contributed by atoms with E-state index in [2.05, 4.69) is 0 Å². The largest absolute Gasteiger partial charge is 0.423 e. The Hall–Kier alpha value is -3.47. The minimum Gasteiger partial charge on any atom is -0.423 e. The van der Waals surface area contributed by atoms with Gasteiger partial charge in [0.2, 0.25) is 0 Å². The van der Waals surface area contributed by atoms with Crippen LogP contribution in [-0.2, 0) is 0 Å². The van der Waals surface area contributed by atoms with Gasteiger partial charge in [0.15, 0.2) is 0 Å². The number of hydrogen-bond acceptors (Lipinski definition) is 4. The van der Waals surface area contributed by atoms with Crippen molar-refractivity contribution in [1.29, 1.82) is 0 Å². The Bertz CT molecular complexity index is 906. The van der Waals surface area contributed by atoms with Crippen LogP contribution in [0.5, 0.6) is 11.5 Å². The fraction of sp³-hybridized carbons (Fsp3) is 0. The summed E-state index contributed by atoms with van der Waals surface area (Å²) in [6.45, 7) is 0. The maximum Gasteiger partial charge on any atom is 0.347 e. The summed E-state index contributed by atoms with van der Waals surface area (Å²) in [5.74, 6) is -1.56. The third-order valence-electron chi connectivity index (χ3n) is 3.32. The van der Waals surface area contributed by atoms with E-state index in [-0.39, 0.29) is 16.9 Å². The third kappa shape index (κ3) is 4.09. The van der Waals surface area contributed by atoms with Gasteiger partial charge in [0, 0.05) is 0 Å². The van der Waals surface area contributed by atoms with E-state index in [9.17, 15) is 14.0 Å². The van der Waals surface area contributed by atoms with Crippen LogP contribution in [0.1, 0.15) is 20.7 Å². The molecule has 3 aromatic rings. The van der Waals surface area contributed by atoms with Crippen molar-refractivity contribution < 1.29 is 23.5 Å². The zero-order valence-electron chi connectivity index (χ0n) is 13.0. The van der Waals surface area contributed by atoms with Gasteiger partial charge in [-0.1, -0.05) is 36.4 Å². The lowest BCUT2D eigenvalue weighted by Crippen LogP contribution is -2.14. The summed E-state index contributed by atoms with van der Waals surface area (Å²) >= 11 is 0. The molecule has 0 aromatic heterocycles. The second-order valence-corrected chi connectivity index (χ2v) is 5.10. The molecule has 0 N–H and O–H groups in total. The highest BCUT2D eigenvalue weighted by atomic mass is 19.1. The number of ether oxygens (including phenoxy) is 2. The van der Waals surface area contributed by atoms with Crippen molar-refractivity contribution in [2.45, 2.75) is 0 Å². The number of halogens is 1. The van der Waals surface area contributed by atoms with Crippen molar-refractivity contribution in [1.82, 2.24) is 0 Å². The lowest BCUT2D eigenvalue weighted by Gasteiger charge is -2.10. The molecule has 25 heavy (non-hydrogen) atoms.